The van der Waals surface area contributed by atoms with E-state index in [1.54, 1.807) is 194 Å². The van der Waals surface area contributed by atoms with E-state index in [0.717, 1.165) is 67.1 Å². The first kappa shape index (κ1) is 189. The van der Waals surface area contributed by atoms with Crippen molar-refractivity contribution in [3.63, 3.8) is 0 Å². The molecule has 918 valence electrons. The Balaban J connectivity index is -0.0000000836. The second-order valence-corrected chi connectivity index (χ2v) is 55.0. The summed E-state index contributed by atoms with van der Waals surface area (Å²) in [5.74, 6) is 12.1. The molecule has 0 aliphatic heterocycles. The molecule has 0 heterocycles. The molecule has 2 N–H and O–H groups in total. The summed E-state index contributed by atoms with van der Waals surface area (Å²) in [5.41, 5.74) is 1.000. The predicted octanol–water partition coefficient (Wildman–Crippen LogP) is 37.9. The fourth-order valence-corrected chi connectivity index (χ4v) is 17.5. The maximum Gasteiger partial charge on any atom is 0.508 e. The van der Waals surface area contributed by atoms with Crippen LogP contribution in [-0.2, 0) is 99.6 Å². The highest BCUT2D eigenvalue weighted by Gasteiger charge is 2.23. The zero-order valence-corrected chi connectivity index (χ0v) is 116. The highest BCUT2D eigenvalue weighted by molar-refractivity contribution is 8.78. The van der Waals surface area contributed by atoms with Gasteiger partial charge >= 0.3 is 24.6 Å². The molecule has 0 saturated heterocycles. The van der Waals surface area contributed by atoms with E-state index in [-0.39, 0.29) is 37.1 Å². The number of alkyl halides is 3. The molecule has 0 fully saturated rings. The van der Waals surface area contributed by atoms with Crippen molar-refractivity contribution in [3.05, 3.63) is 55.6 Å². The van der Waals surface area contributed by atoms with Crippen molar-refractivity contribution in [1.82, 2.24) is 0 Å². The van der Waals surface area contributed by atoms with Crippen LogP contribution in [0.5, 0.6) is 0 Å². The first-order valence-electron chi connectivity index (χ1n) is 51.9. The van der Waals surface area contributed by atoms with Gasteiger partial charge in [-0.05, 0) is 335 Å². The molecule has 0 radical (unpaired) electrons. The molecular weight excluding hydrogens is 2200 g/mol. The van der Waals surface area contributed by atoms with Crippen LogP contribution in [0.3, 0.4) is 0 Å². The van der Waals surface area contributed by atoms with Gasteiger partial charge in [0.15, 0.2) is 6.36 Å². The fraction of sp³-hybridized carbons (Fsp3) is 0.880. The molecule has 4 atom stereocenters. The van der Waals surface area contributed by atoms with Crippen LogP contribution >= 0.6 is 153 Å². The summed E-state index contributed by atoms with van der Waals surface area (Å²) in [6.07, 6.45) is 5.20. The molecule has 0 aliphatic rings. The van der Waals surface area contributed by atoms with Crippen LogP contribution in [0.25, 0.3) is 0 Å². The maximum atomic E-state index is 11.8. The van der Waals surface area contributed by atoms with E-state index >= 15 is 0 Å². The summed E-state index contributed by atoms with van der Waals surface area (Å²) >= 11 is 3.56. The van der Waals surface area contributed by atoms with Gasteiger partial charge in [-0.2, -0.15) is 8.78 Å². The number of ether oxygens (including phenoxy) is 20. The van der Waals surface area contributed by atoms with Gasteiger partial charge in [-0.3, -0.25) is 0 Å². The molecule has 1 aromatic rings. The molecule has 4 unspecified atom stereocenters. The summed E-state index contributed by atoms with van der Waals surface area (Å²) in [6.45, 7) is 114. The zero-order chi connectivity index (χ0) is 121. The molecule has 150 heavy (non-hydrogen) atoms. The van der Waals surface area contributed by atoms with Crippen LogP contribution < -0.4 is 5.90 Å². The Morgan fingerprint density at radius 2 is 0.673 bits per heavy atom. The van der Waals surface area contributed by atoms with E-state index in [9.17, 15) is 27.6 Å². The number of thioether (sulfide) groups is 2. The van der Waals surface area contributed by atoms with E-state index in [4.69, 9.17) is 56.8 Å². The number of carbonyl (C=O) groups is 3. The van der Waals surface area contributed by atoms with Gasteiger partial charge in [0.1, 0.15) is 46.7 Å². The quantitative estimate of drug-likeness (QED) is 0.00927. The number of rotatable bonds is 55. The number of methoxy groups -OCH3 is 1. The predicted molar refractivity (Wildman–Crippen MR) is 677 cm³/mol. The largest absolute Gasteiger partial charge is 0.508 e. The zero-order valence-electron chi connectivity index (χ0n) is 105. The van der Waals surface area contributed by atoms with E-state index in [1.807, 2.05) is 190 Å². The van der Waals surface area contributed by atoms with Gasteiger partial charge in [0.05, 0.1) is 136 Å². The molecule has 1 rings (SSSR count). The molecule has 0 aromatic heterocycles. The number of carbonyl (C=O) groups excluding carboxylic acids is 3. The van der Waals surface area contributed by atoms with Crippen LogP contribution in [0.15, 0.2) is 60.5 Å². The normalized spacial score (nSPS) is 11.4. The van der Waals surface area contributed by atoms with Gasteiger partial charge in [-0.1, -0.05) is 234 Å². The van der Waals surface area contributed by atoms with Gasteiger partial charge < -0.3 is 99.6 Å². The van der Waals surface area contributed by atoms with Crippen LogP contribution in [0.4, 0.5) is 27.6 Å². The SMILES string of the molecule is C=CCOC(=O)OC(C)C.C=CCOC(C)C.CC(C)OC(C)(F)F.CC(C)OC(C)F.CC(C)OCSSC(C)(C)C.CC(C)OCSSC(C)C.CC(C)OCSc1ccccc1.CC(C)ON.CCOC(=O)OC(C)C.CCOC(=O)OC(C)C.CCOC(C)C.CCOC(C)C.CCSC(C)OC(C)C.CCSSC(C)OC(C)C.CCSSCOC(C)C.COC(C)C.CSSC(C)OC(C)C.CSSCOC(C)C. The Kier molecular flexibility index (Phi) is 186. The van der Waals surface area contributed by atoms with Crippen LogP contribution in [-0.4, -0.2) is 273 Å². The monoisotopic (exact) mass is 2430 g/mol. The molecule has 42 heteroatoms. The Morgan fingerprint density at radius 1 is 0.347 bits per heavy atom. The average molecular weight is 2430 g/mol. The number of nitrogens with two attached hydrogens (primary N) is 1. The summed E-state index contributed by atoms with van der Waals surface area (Å²) in [7, 11) is 23.2. The molecule has 0 amide bonds. The van der Waals surface area contributed by atoms with Crippen molar-refractivity contribution in [1.29, 1.82) is 0 Å². The molecule has 0 aliphatic carbocycles. The number of hydrogen-bond acceptors (Lipinski definition) is 39. The molecule has 0 bridgehead atoms. The summed E-state index contributed by atoms with van der Waals surface area (Å²) in [5, 5.41) is 0.695. The lowest BCUT2D eigenvalue weighted by Crippen LogP contribution is -2.20. The highest BCUT2D eigenvalue weighted by Crippen LogP contribution is 2.35. The Hall–Kier alpha value is 0.560. The second kappa shape index (κ2) is 148. The van der Waals surface area contributed by atoms with Crippen LogP contribution in [0.1, 0.15) is 367 Å². The number of hydrogen-bond donors (Lipinski definition) is 1. The van der Waals surface area contributed by atoms with Gasteiger partial charge in [0.2, 0.25) is 0 Å². The number of halogens is 3. The van der Waals surface area contributed by atoms with Crippen molar-refractivity contribution >= 4 is 172 Å². The van der Waals surface area contributed by atoms with E-state index in [1.165, 1.54) is 17.9 Å². The third kappa shape index (κ3) is 280. The van der Waals surface area contributed by atoms with Gasteiger partial charge in [0.25, 0.3) is 0 Å². The van der Waals surface area contributed by atoms with E-state index in [0.29, 0.717) is 119 Å². The molecule has 25 nitrogen and oxygen atoms in total. The minimum absolute atomic E-state index is 0.000000000000000222. The standard InChI is InChI=1S/C10H14OS.C8H18OS2.C7H12O3.2C7H16OS2.C7H16OS.2C6H12O3.2C6H14OS2.C6H12O.C5H10F2O.C5H11FO.C5H12OS2.2C5H12O.C4H10O.C3H9NO/c1-9(2)11-8-12-10-6-4-3-5-7-10;1-7(2)9-6-10-11-8(3,4)5;1-4-5-9-7(8)10-6(2)3;1-6(2)8-5-9-10-7(3)4;1-5-9-10-7(4)8-6(2)3;1-5-9-7(4)8-6(2)3;2*1-4-8-6(7)9-5(2)3;1-5(2)7-6(3)9-8-4;1-4-8-9-5-7-6(2)3;1-4-5-7-6(2)3;1-4(2)8-5(3,6)7;1-4(2)7-5(3)6;1-5(2)6-4-8-7-3;2*1-4-6-5(2)3;1-4(2)5-3;1-3(2)5-4/h3-7,9H,8H2,1-2H3;7H,6H2,1-5H3;4,6H,1,5H2,2-3H3;2*6-7H,5H2,1-4H3;6-7H,5H2,1-4H3;2*5H,4H2,1-3H3;5-6H,1-4H3;6H,4-5H2,1-3H3;4,6H,1,5H2,2-3H3;4H,1-3H3;4-5H,1-3H3;5H,4H2,1-3H3;2*5H,4H2,1-3H3;4H,1-3H3;3H,4H2,1-2H3. The maximum absolute atomic E-state index is 11.8. The van der Waals surface area contributed by atoms with Crippen molar-refractivity contribution in [2.75, 3.05) is 106 Å². The lowest BCUT2D eigenvalue weighted by Gasteiger charge is -2.16. The first-order chi connectivity index (χ1) is 69.2. The highest BCUT2D eigenvalue weighted by atomic mass is 33.1. The van der Waals surface area contributed by atoms with Crippen LogP contribution in [0.2, 0.25) is 0 Å². The summed E-state index contributed by atoms with van der Waals surface area (Å²) in [6, 6.07) is 10.3. The third-order valence-electron chi connectivity index (χ3n) is 11.4. The molecule has 0 saturated carbocycles. The molecular formula is C108H232F3NO24S14. The van der Waals surface area contributed by atoms with Crippen LogP contribution in [0, 0.1) is 0 Å². The Morgan fingerprint density at radius 3 is 0.907 bits per heavy atom. The minimum Gasteiger partial charge on any atom is -0.435 e. The summed E-state index contributed by atoms with van der Waals surface area (Å²) in [4.78, 5) is 36.9. The average Bonchev–Trinajstić information content (AvgIpc) is 0.980. The van der Waals surface area contributed by atoms with Gasteiger partial charge in [-0.15, -0.1) is 18.3 Å². The van der Waals surface area contributed by atoms with Crippen molar-refractivity contribution in [2.45, 2.75) is 520 Å². The number of benzene rings is 1. The van der Waals surface area contributed by atoms with E-state index in [2.05, 4.69) is 239 Å². The van der Waals surface area contributed by atoms with Crippen molar-refractivity contribution in [3.8, 4) is 0 Å². The van der Waals surface area contributed by atoms with Gasteiger partial charge in [-0.25, -0.2) is 24.7 Å². The third-order valence-corrected chi connectivity index (χ3v) is 27.0. The van der Waals surface area contributed by atoms with Gasteiger partial charge in [0, 0.05) is 53.6 Å². The van der Waals surface area contributed by atoms with E-state index < -0.39 is 37.0 Å². The minimum atomic E-state index is -2.98. The topological polar surface area (TPSA) is 271 Å². The first-order valence-corrected chi connectivity index (χ1v) is 68.8. The Labute approximate surface area is 978 Å². The Bertz CT molecular complexity index is 2580. The second-order valence-electron chi connectivity index (χ2n) is 35.6. The lowest BCUT2D eigenvalue weighted by molar-refractivity contribution is -0.242. The lowest BCUT2D eigenvalue weighted by atomic mass is 10.3. The van der Waals surface area contributed by atoms with Crippen molar-refractivity contribution in [2.24, 2.45) is 5.90 Å². The smallest absolute Gasteiger partial charge is 0.435 e. The molecule has 0 spiro atoms. The fourth-order valence-electron chi connectivity index (χ4n) is 6.47. The van der Waals surface area contributed by atoms with Crippen molar-refractivity contribution < 1.29 is 127 Å². The molecule has 1 aromatic carbocycles. The summed E-state index contributed by atoms with van der Waals surface area (Å²) < 4.78 is 135.